The van der Waals surface area contributed by atoms with Crippen LogP contribution in [-0.2, 0) is 11.2 Å². The first-order chi connectivity index (χ1) is 5.77. The molecule has 0 fully saturated rings. The number of carbonyl (C=O) groups is 1. The number of nitrogens with one attached hydrogen (secondary N) is 1. The lowest BCUT2D eigenvalue weighted by Gasteiger charge is -1.95. The van der Waals surface area contributed by atoms with Gasteiger partial charge in [0, 0.05) is 11.9 Å². The average molecular weight is 168 g/mol. The van der Waals surface area contributed by atoms with E-state index in [9.17, 15) is 4.79 Å². The molecule has 0 aliphatic carbocycles. The smallest absolute Gasteiger partial charge is 0.374 e. The SMILES string of the molecule is CCOC(=O)c1ncc(CC)[nH]1. The number of aryl methyl sites for hydroxylation is 1. The van der Waals surface area contributed by atoms with Gasteiger partial charge in [0.25, 0.3) is 0 Å². The molecule has 66 valence electrons. The van der Waals surface area contributed by atoms with Crippen LogP contribution in [0.5, 0.6) is 0 Å². The van der Waals surface area contributed by atoms with Gasteiger partial charge in [0.15, 0.2) is 0 Å². The molecule has 0 saturated heterocycles. The van der Waals surface area contributed by atoms with Crippen LogP contribution in [-0.4, -0.2) is 22.5 Å². The molecule has 12 heavy (non-hydrogen) atoms. The van der Waals surface area contributed by atoms with Crippen molar-refractivity contribution in [1.82, 2.24) is 9.97 Å². The van der Waals surface area contributed by atoms with Gasteiger partial charge in [-0.2, -0.15) is 0 Å². The molecule has 0 saturated carbocycles. The van der Waals surface area contributed by atoms with E-state index in [1.165, 1.54) is 0 Å². The Bertz CT molecular complexity index is 268. The second-order valence-electron chi connectivity index (χ2n) is 2.33. The van der Waals surface area contributed by atoms with E-state index < -0.39 is 5.97 Å². The van der Waals surface area contributed by atoms with Crippen LogP contribution >= 0.6 is 0 Å². The molecule has 0 bridgehead atoms. The summed E-state index contributed by atoms with van der Waals surface area (Å²) >= 11 is 0. The van der Waals surface area contributed by atoms with Crippen LogP contribution in [0.1, 0.15) is 30.2 Å². The van der Waals surface area contributed by atoms with Crippen molar-refractivity contribution in [1.29, 1.82) is 0 Å². The topological polar surface area (TPSA) is 55.0 Å². The molecule has 1 rings (SSSR count). The zero-order chi connectivity index (χ0) is 8.97. The molecule has 0 radical (unpaired) electrons. The molecular weight excluding hydrogens is 156 g/mol. The predicted octanol–water partition coefficient (Wildman–Crippen LogP) is 1.15. The number of hydrogen-bond acceptors (Lipinski definition) is 3. The quantitative estimate of drug-likeness (QED) is 0.689. The number of aromatic amines is 1. The highest BCUT2D eigenvalue weighted by Crippen LogP contribution is 1.99. The molecule has 1 aromatic rings. The van der Waals surface area contributed by atoms with Crippen molar-refractivity contribution in [2.24, 2.45) is 0 Å². The number of imidazole rings is 1. The zero-order valence-electron chi connectivity index (χ0n) is 7.26. The molecule has 0 aliphatic rings. The minimum atomic E-state index is -0.391. The maximum absolute atomic E-state index is 11.1. The Kier molecular flexibility index (Phi) is 2.85. The van der Waals surface area contributed by atoms with E-state index in [1.807, 2.05) is 6.92 Å². The Morgan fingerprint density at radius 1 is 1.67 bits per heavy atom. The molecular formula is C8H12N2O2. The molecule has 0 atom stereocenters. The molecule has 4 heteroatoms. The second-order valence-corrected chi connectivity index (χ2v) is 2.33. The largest absolute Gasteiger partial charge is 0.460 e. The van der Waals surface area contributed by atoms with E-state index in [2.05, 4.69) is 9.97 Å². The summed E-state index contributed by atoms with van der Waals surface area (Å²) in [5.41, 5.74) is 0.943. The summed E-state index contributed by atoms with van der Waals surface area (Å²) in [5.74, 6) is -0.106. The molecule has 0 spiro atoms. The average Bonchev–Trinajstić information content (AvgIpc) is 2.52. The lowest BCUT2D eigenvalue weighted by atomic mass is 10.4. The van der Waals surface area contributed by atoms with Gasteiger partial charge in [0.2, 0.25) is 5.82 Å². The molecule has 0 aliphatic heterocycles. The standard InChI is InChI=1S/C8H12N2O2/c1-3-6-5-9-7(10-6)8(11)12-4-2/h5H,3-4H2,1-2H3,(H,9,10). The van der Waals surface area contributed by atoms with Gasteiger partial charge in [-0.15, -0.1) is 0 Å². The van der Waals surface area contributed by atoms with Crippen molar-refractivity contribution in [3.63, 3.8) is 0 Å². The number of hydrogen-bond donors (Lipinski definition) is 1. The maximum Gasteiger partial charge on any atom is 0.374 e. The van der Waals surface area contributed by atoms with Crippen LogP contribution in [0.25, 0.3) is 0 Å². The van der Waals surface area contributed by atoms with Crippen LogP contribution in [0.3, 0.4) is 0 Å². The maximum atomic E-state index is 11.1. The fourth-order valence-corrected chi connectivity index (χ4v) is 0.842. The van der Waals surface area contributed by atoms with E-state index in [-0.39, 0.29) is 5.82 Å². The van der Waals surface area contributed by atoms with Gasteiger partial charge < -0.3 is 9.72 Å². The highest BCUT2D eigenvalue weighted by Gasteiger charge is 2.09. The van der Waals surface area contributed by atoms with Crippen LogP contribution in [0.4, 0.5) is 0 Å². The number of aromatic nitrogens is 2. The summed E-state index contributed by atoms with van der Waals surface area (Å²) in [4.78, 5) is 17.8. The van der Waals surface area contributed by atoms with Crippen molar-refractivity contribution in [2.75, 3.05) is 6.61 Å². The van der Waals surface area contributed by atoms with Gasteiger partial charge in [-0.1, -0.05) is 6.92 Å². The van der Waals surface area contributed by atoms with Gasteiger partial charge in [-0.05, 0) is 13.3 Å². The van der Waals surface area contributed by atoms with E-state index in [0.29, 0.717) is 6.61 Å². The van der Waals surface area contributed by atoms with Gasteiger partial charge in [0.05, 0.1) is 6.61 Å². The molecule has 0 unspecified atom stereocenters. The third-order valence-corrected chi connectivity index (χ3v) is 1.48. The van der Waals surface area contributed by atoms with Gasteiger partial charge in [0.1, 0.15) is 0 Å². The Balaban J connectivity index is 2.68. The Labute approximate surface area is 71.0 Å². The van der Waals surface area contributed by atoms with Gasteiger partial charge in [-0.25, -0.2) is 9.78 Å². The highest BCUT2D eigenvalue weighted by atomic mass is 16.5. The number of nitrogens with zero attached hydrogens (tertiary/aromatic N) is 1. The molecule has 0 aromatic carbocycles. The minimum Gasteiger partial charge on any atom is -0.460 e. The first kappa shape index (κ1) is 8.77. The first-order valence-electron chi connectivity index (χ1n) is 3.99. The Morgan fingerprint density at radius 3 is 2.92 bits per heavy atom. The minimum absolute atomic E-state index is 0.286. The third-order valence-electron chi connectivity index (χ3n) is 1.48. The zero-order valence-corrected chi connectivity index (χ0v) is 7.26. The third kappa shape index (κ3) is 1.84. The summed E-state index contributed by atoms with van der Waals surface area (Å²) in [6.45, 7) is 4.13. The second kappa shape index (κ2) is 3.90. The number of H-pyrrole nitrogens is 1. The van der Waals surface area contributed by atoms with Crippen LogP contribution in [0, 0.1) is 0 Å². The van der Waals surface area contributed by atoms with Crippen LogP contribution in [0.15, 0.2) is 6.20 Å². The highest BCUT2D eigenvalue weighted by molar-refractivity contribution is 5.85. The summed E-state index contributed by atoms with van der Waals surface area (Å²) in [5, 5.41) is 0. The molecule has 4 nitrogen and oxygen atoms in total. The fourth-order valence-electron chi connectivity index (χ4n) is 0.842. The summed E-state index contributed by atoms with van der Waals surface area (Å²) in [6, 6.07) is 0. The number of esters is 1. The normalized spacial score (nSPS) is 9.83. The Morgan fingerprint density at radius 2 is 2.42 bits per heavy atom. The molecule has 1 heterocycles. The van der Waals surface area contributed by atoms with Crippen molar-refractivity contribution >= 4 is 5.97 Å². The van der Waals surface area contributed by atoms with Crippen LogP contribution < -0.4 is 0 Å². The van der Waals surface area contributed by atoms with Gasteiger partial charge in [-0.3, -0.25) is 0 Å². The number of carbonyl (C=O) groups excluding carboxylic acids is 1. The van der Waals surface area contributed by atoms with Crippen molar-refractivity contribution < 1.29 is 9.53 Å². The van der Waals surface area contributed by atoms with Crippen molar-refractivity contribution in [3.8, 4) is 0 Å². The van der Waals surface area contributed by atoms with E-state index in [4.69, 9.17) is 4.74 Å². The molecule has 1 aromatic heterocycles. The predicted molar refractivity (Wildman–Crippen MR) is 43.9 cm³/mol. The summed E-state index contributed by atoms with van der Waals surface area (Å²) in [6.07, 6.45) is 2.48. The molecule has 0 amide bonds. The fraction of sp³-hybridized carbons (Fsp3) is 0.500. The van der Waals surface area contributed by atoms with Gasteiger partial charge >= 0.3 is 5.97 Å². The molecule has 1 N–H and O–H groups in total. The van der Waals surface area contributed by atoms with Crippen molar-refractivity contribution in [3.05, 3.63) is 17.7 Å². The van der Waals surface area contributed by atoms with E-state index in [0.717, 1.165) is 12.1 Å². The monoisotopic (exact) mass is 168 g/mol. The Hall–Kier alpha value is -1.32. The van der Waals surface area contributed by atoms with Crippen molar-refractivity contribution in [2.45, 2.75) is 20.3 Å². The van der Waals surface area contributed by atoms with Crippen LogP contribution in [0.2, 0.25) is 0 Å². The number of ether oxygens (including phenoxy) is 1. The summed E-state index contributed by atoms with van der Waals surface area (Å²) in [7, 11) is 0. The first-order valence-corrected chi connectivity index (χ1v) is 3.99. The van der Waals surface area contributed by atoms with E-state index >= 15 is 0 Å². The lowest BCUT2D eigenvalue weighted by molar-refractivity contribution is 0.0513. The summed E-state index contributed by atoms with van der Waals surface area (Å²) < 4.78 is 4.75. The number of rotatable bonds is 3. The van der Waals surface area contributed by atoms with E-state index in [1.54, 1.807) is 13.1 Å². The lowest BCUT2D eigenvalue weighted by Crippen LogP contribution is -2.06.